The molecule has 6 nitrogen and oxygen atoms in total. The molecular weight excluding hydrogens is 314 g/mol. The Morgan fingerprint density at radius 1 is 1.32 bits per heavy atom. The van der Waals surface area contributed by atoms with Crippen LogP contribution in [0.15, 0.2) is 22.7 Å². The van der Waals surface area contributed by atoms with E-state index in [2.05, 4.69) is 20.8 Å². The molecule has 1 aromatic rings. The number of anilines is 1. The van der Waals surface area contributed by atoms with Crippen molar-refractivity contribution >= 4 is 27.3 Å². The van der Waals surface area contributed by atoms with Crippen LogP contribution in [0.4, 0.5) is 11.4 Å². The van der Waals surface area contributed by atoms with E-state index in [0.717, 1.165) is 30.7 Å². The minimum atomic E-state index is -0.345. The van der Waals surface area contributed by atoms with Gasteiger partial charge in [0.15, 0.2) is 0 Å². The number of halogens is 1. The second-order valence-electron chi connectivity index (χ2n) is 4.44. The second kappa shape index (κ2) is 6.31. The molecule has 0 amide bonds. The maximum atomic E-state index is 11.1. The molecule has 1 saturated heterocycles. The summed E-state index contributed by atoms with van der Waals surface area (Å²) >= 11 is 3.36. The van der Waals surface area contributed by atoms with E-state index < -0.39 is 0 Å². The standard InChI is InChI=1S/C12H16BrN3O3/c13-10-1-2-11(16(18)19)12(9-10)15-5-3-14(4-6-15)7-8-17/h1-2,9,17H,3-8H2. The number of hydrogen-bond acceptors (Lipinski definition) is 5. The molecule has 1 heterocycles. The molecule has 0 unspecified atom stereocenters. The van der Waals surface area contributed by atoms with E-state index in [0.29, 0.717) is 12.2 Å². The maximum Gasteiger partial charge on any atom is 0.292 e. The van der Waals surface area contributed by atoms with Gasteiger partial charge in [-0.15, -0.1) is 0 Å². The van der Waals surface area contributed by atoms with Crippen molar-refractivity contribution in [3.05, 3.63) is 32.8 Å². The normalized spacial score (nSPS) is 16.6. The molecule has 0 radical (unpaired) electrons. The number of piperazine rings is 1. The smallest absolute Gasteiger partial charge is 0.292 e. The van der Waals surface area contributed by atoms with Crippen LogP contribution in [-0.2, 0) is 0 Å². The van der Waals surface area contributed by atoms with E-state index >= 15 is 0 Å². The van der Waals surface area contributed by atoms with Gasteiger partial charge >= 0.3 is 0 Å². The summed E-state index contributed by atoms with van der Waals surface area (Å²) in [4.78, 5) is 14.9. The van der Waals surface area contributed by atoms with E-state index in [9.17, 15) is 10.1 Å². The van der Waals surface area contributed by atoms with Gasteiger partial charge < -0.3 is 10.0 Å². The van der Waals surface area contributed by atoms with Crippen molar-refractivity contribution in [2.75, 3.05) is 44.2 Å². The fourth-order valence-electron chi connectivity index (χ4n) is 2.26. The van der Waals surface area contributed by atoms with Gasteiger partial charge in [-0.25, -0.2) is 0 Å². The molecule has 0 aromatic heterocycles. The summed E-state index contributed by atoms with van der Waals surface area (Å²) in [5, 5.41) is 20.0. The highest BCUT2D eigenvalue weighted by Crippen LogP contribution is 2.31. The van der Waals surface area contributed by atoms with Crippen LogP contribution in [0.25, 0.3) is 0 Å². The first kappa shape index (κ1) is 14.2. The SMILES string of the molecule is O=[N+]([O-])c1ccc(Br)cc1N1CCN(CCO)CC1. The number of rotatable bonds is 4. The maximum absolute atomic E-state index is 11.1. The third-order valence-electron chi connectivity index (χ3n) is 3.26. The molecule has 2 rings (SSSR count). The van der Waals surface area contributed by atoms with Gasteiger partial charge in [-0.3, -0.25) is 15.0 Å². The van der Waals surface area contributed by atoms with E-state index in [1.807, 2.05) is 4.90 Å². The van der Waals surface area contributed by atoms with E-state index in [-0.39, 0.29) is 17.2 Å². The Labute approximate surface area is 119 Å². The zero-order valence-electron chi connectivity index (χ0n) is 10.5. The first-order valence-corrected chi connectivity index (χ1v) is 6.93. The van der Waals surface area contributed by atoms with Gasteiger partial charge in [-0.05, 0) is 12.1 Å². The molecule has 0 bridgehead atoms. The summed E-state index contributed by atoms with van der Waals surface area (Å²) < 4.78 is 0.839. The van der Waals surface area contributed by atoms with E-state index in [1.165, 1.54) is 6.07 Å². The summed E-state index contributed by atoms with van der Waals surface area (Å²) in [7, 11) is 0. The lowest BCUT2D eigenvalue weighted by Gasteiger charge is -2.35. The first-order chi connectivity index (χ1) is 9.11. The predicted octanol–water partition coefficient (Wildman–Crippen LogP) is 1.47. The summed E-state index contributed by atoms with van der Waals surface area (Å²) in [6, 6.07) is 5.00. The topological polar surface area (TPSA) is 69.9 Å². The van der Waals surface area contributed by atoms with Crippen LogP contribution in [0.2, 0.25) is 0 Å². The summed E-state index contributed by atoms with van der Waals surface area (Å²) in [5.74, 6) is 0. The Kier molecular flexibility index (Phi) is 4.73. The zero-order valence-corrected chi connectivity index (χ0v) is 12.0. The van der Waals surface area contributed by atoms with Crippen molar-refractivity contribution in [2.45, 2.75) is 0 Å². The van der Waals surface area contributed by atoms with Crippen LogP contribution in [-0.4, -0.2) is 54.3 Å². The quantitative estimate of drug-likeness (QED) is 0.669. The molecule has 0 atom stereocenters. The molecule has 1 aliphatic rings. The molecular formula is C12H16BrN3O3. The average Bonchev–Trinajstić information content (AvgIpc) is 2.39. The van der Waals surface area contributed by atoms with Crippen LogP contribution in [0.1, 0.15) is 0 Å². The van der Waals surface area contributed by atoms with Gasteiger partial charge in [-0.2, -0.15) is 0 Å². The van der Waals surface area contributed by atoms with Crippen molar-refractivity contribution in [3.8, 4) is 0 Å². The fraction of sp³-hybridized carbons (Fsp3) is 0.500. The molecule has 7 heteroatoms. The lowest BCUT2D eigenvalue weighted by Crippen LogP contribution is -2.47. The van der Waals surface area contributed by atoms with Gasteiger partial charge in [-0.1, -0.05) is 15.9 Å². The van der Waals surface area contributed by atoms with Gasteiger partial charge in [0.2, 0.25) is 0 Å². The number of β-amino-alcohol motifs (C(OH)–C–C–N with tert-alkyl or cyclic N) is 1. The number of nitro benzene ring substituents is 1. The zero-order chi connectivity index (χ0) is 13.8. The molecule has 1 N–H and O–H groups in total. The minimum absolute atomic E-state index is 0.138. The minimum Gasteiger partial charge on any atom is -0.395 e. The molecule has 1 aromatic carbocycles. The molecule has 0 spiro atoms. The van der Waals surface area contributed by atoms with Crippen molar-refractivity contribution in [2.24, 2.45) is 0 Å². The Morgan fingerprint density at radius 2 is 2.00 bits per heavy atom. The molecule has 104 valence electrons. The fourth-order valence-corrected chi connectivity index (χ4v) is 2.61. The number of aliphatic hydroxyl groups is 1. The second-order valence-corrected chi connectivity index (χ2v) is 5.36. The van der Waals surface area contributed by atoms with E-state index in [4.69, 9.17) is 5.11 Å². The molecule has 0 saturated carbocycles. The average molecular weight is 330 g/mol. The van der Waals surface area contributed by atoms with Crippen LogP contribution in [0.5, 0.6) is 0 Å². The lowest BCUT2D eigenvalue weighted by atomic mass is 10.2. The number of hydrogen-bond donors (Lipinski definition) is 1. The Bertz CT molecular complexity index is 462. The van der Waals surface area contributed by atoms with Gasteiger partial charge in [0, 0.05) is 43.3 Å². The number of nitrogens with zero attached hydrogens (tertiary/aromatic N) is 3. The summed E-state index contributed by atoms with van der Waals surface area (Å²) in [5.41, 5.74) is 0.793. The highest BCUT2D eigenvalue weighted by Gasteiger charge is 2.23. The number of aliphatic hydroxyl groups excluding tert-OH is 1. The van der Waals surface area contributed by atoms with Gasteiger partial charge in [0.25, 0.3) is 5.69 Å². The highest BCUT2D eigenvalue weighted by molar-refractivity contribution is 9.10. The Morgan fingerprint density at radius 3 is 2.58 bits per heavy atom. The summed E-state index contributed by atoms with van der Waals surface area (Å²) in [6.07, 6.45) is 0. The Hall–Kier alpha value is -1.18. The molecule has 0 aliphatic carbocycles. The van der Waals surface area contributed by atoms with Crippen LogP contribution in [0.3, 0.4) is 0 Å². The van der Waals surface area contributed by atoms with Crippen molar-refractivity contribution in [1.82, 2.24) is 4.90 Å². The lowest BCUT2D eigenvalue weighted by molar-refractivity contribution is -0.384. The third-order valence-corrected chi connectivity index (χ3v) is 3.76. The van der Waals surface area contributed by atoms with Crippen molar-refractivity contribution < 1.29 is 10.0 Å². The number of benzene rings is 1. The van der Waals surface area contributed by atoms with Gasteiger partial charge in [0.05, 0.1) is 11.5 Å². The Balaban J connectivity index is 2.14. The van der Waals surface area contributed by atoms with Gasteiger partial charge in [0.1, 0.15) is 5.69 Å². The molecule has 19 heavy (non-hydrogen) atoms. The molecule has 1 aliphatic heterocycles. The number of nitro groups is 1. The first-order valence-electron chi connectivity index (χ1n) is 6.14. The third kappa shape index (κ3) is 3.43. The van der Waals surface area contributed by atoms with Crippen molar-refractivity contribution in [1.29, 1.82) is 0 Å². The highest BCUT2D eigenvalue weighted by atomic mass is 79.9. The summed E-state index contributed by atoms with van der Waals surface area (Å²) in [6.45, 7) is 3.90. The monoisotopic (exact) mass is 329 g/mol. The van der Waals surface area contributed by atoms with E-state index in [1.54, 1.807) is 12.1 Å². The molecule has 1 fully saturated rings. The van der Waals surface area contributed by atoms with Crippen LogP contribution >= 0.6 is 15.9 Å². The predicted molar refractivity (Wildman–Crippen MR) is 76.5 cm³/mol. The van der Waals surface area contributed by atoms with Crippen molar-refractivity contribution in [3.63, 3.8) is 0 Å². The van der Waals surface area contributed by atoms with Crippen LogP contribution < -0.4 is 4.90 Å². The largest absolute Gasteiger partial charge is 0.395 e. The van der Waals surface area contributed by atoms with Crippen LogP contribution in [0, 0.1) is 10.1 Å².